The summed E-state index contributed by atoms with van der Waals surface area (Å²) in [6.45, 7) is 2.40. The van der Waals surface area contributed by atoms with Crippen LogP contribution in [0.5, 0.6) is 0 Å². The fourth-order valence-electron chi connectivity index (χ4n) is 2.22. The van der Waals surface area contributed by atoms with Crippen LogP contribution in [0.15, 0.2) is 57.2 Å². The Hall–Kier alpha value is -2.19. The van der Waals surface area contributed by atoms with E-state index in [4.69, 9.17) is 10.3 Å². The first kappa shape index (κ1) is 22.1. The summed E-state index contributed by atoms with van der Waals surface area (Å²) >= 11 is 0. The summed E-state index contributed by atoms with van der Waals surface area (Å²) < 4.78 is 73.8. The second-order valence-corrected chi connectivity index (χ2v) is 10.6. The third-order valence-electron chi connectivity index (χ3n) is 3.57. The van der Waals surface area contributed by atoms with Crippen molar-refractivity contribution in [1.29, 1.82) is 0 Å². The van der Waals surface area contributed by atoms with E-state index in [0.717, 1.165) is 24.6 Å². The summed E-state index contributed by atoms with van der Waals surface area (Å²) in [6.07, 6.45) is 0.736. The monoisotopic (exact) mass is 448 g/mol. The van der Waals surface area contributed by atoms with Crippen LogP contribution in [-0.4, -0.2) is 31.8 Å². The van der Waals surface area contributed by atoms with Crippen LogP contribution >= 0.6 is 0 Å². The minimum absolute atomic E-state index is 0.0546. The molecule has 0 aliphatic heterocycles. The number of sulfonamides is 3. The van der Waals surface area contributed by atoms with Crippen LogP contribution in [0.1, 0.15) is 13.3 Å². The second kappa shape index (κ2) is 8.05. The van der Waals surface area contributed by atoms with Crippen molar-refractivity contribution in [2.45, 2.75) is 28.0 Å². The molecule has 0 saturated carbocycles. The summed E-state index contributed by atoms with van der Waals surface area (Å²) in [6, 6.07) is 8.17. The van der Waals surface area contributed by atoms with E-state index in [0.29, 0.717) is 12.2 Å². The number of anilines is 2. The Bertz CT molecular complexity index is 1190. The Morgan fingerprint density at radius 2 is 1.36 bits per heavy atom. The quantitative estimate of drug-likeness (QED) is 0.456. The van der Waals surface area contributed by atoms with E-state index >= 15 is 0 Å². The normalized spacial score (nSPS) is 12.5. The molecule has 0 heterocycles. The van der Waals surface area contributed by atoms with Crippen molar-refractivity contribution in [3.63, 3.8) is 0 Å². The molecule has 6 N–H and O–H groups in total. The van der Waals surface area contributed by atoms with Crippen LogP contribution in [0, 0.1) is 0 Å². The highest BCUT2D eigenvalue weighted by atomic mass is 32.2. The van der Waals surface area contributed by atoms with Gasteiger partial charge < -0.3 is 5.32 Å². The predicted octanol–water partition coefficient (Wildman–Crippen LogP) is 0.604. The van der Waals surface area contributed by atoms with Crippen LogP contribution in [0.4, 0.5) is 11.4 Å². The summed E-state index contributed by atoms with van der Waals surface area (Å²) in [5.74, 6) is 0. The molecule has 0 amide bonds. The van der Waals surface area contributed by atoms with Crippen molar-refractivity contribution < 1.29 is 25.3 Å². The van der Waals surface area contributed by atoms with Crippen molar-refractivity contribution >= 4 is 41.4 Å². The molecule has 0 aliphatic rings. The van der Waals surface area contributed by atoms with Crippen LogP contribution in [0.3, 0.4) is 0 Å². The standard InChI is InChI=1S/C15H20N4O6S3/c1-2-8-18-14-7-6-12(27(17,22)23)10-15(14)19-28(24,25)13-5-3-4-11(9-13)26(16,20)21/h3-7,9-10,18-19H,2,8H2,1H3,(H2,16,20,21)(H2,17,22,23). The van der Waals surface area contributed by atoms with E-state index < -0.39 is 30.1 Å². The zero-order valence-electron chi connectivity index (χ0n) is 14.8. The van der Waals surface area contributed by atoms with Gasteiger partial charge in [0.25, 0.3) is 10.0 Å². The van der Waals surface area contributed by atoms with Gasteiger partial charge in [0.15, 0.2) is 0 Å². The van der Waals surface area contributed by atoms with Crippen LogP contribution < -0.4 is 20.3 Å². The van der Waals surface area contributed by atoms with Crippen LogP contribution in [-0.2, 0) is 30.1 Å². The lowest BCUT2D eigenvalue weighted by molar-refractivity contribution is 0.594. The minimum atomic E-state index is -4.25. The van der Waals surface area contributed by atoms with Gasteiger partial charge in [0, 0.05) is 6.54 Å². The van der Waals surface area contributed by atoms with Crippen molar-refractivity contribution in [2.75, 3.05) is 16.6 Å². The molecule has 2 aromatic rings. The molecule has 0 saturated heterocycles. The van der Waals surface area contributed by atoms with Gasteiger partial charge in [-0.3, -0.25) is 4.72 Å². The molecule has 154 valence electrons. The van der Waals surface area contributed by atoms with Gasteiger partial charge in [-0.1, -0.05) is 13.0 Å². The number of hydrogen-bond donors (Lipinski definition) is 4. The molecule has 0 bridgehead atoms. The Morgan fingerprint density at radius 3 is 1.93 bits per heavy atom. The van der Waals surface area contributed by atoms with Gasteiger partial charge in [-0.05, 0) is 42.8 Å². The van der Waals surface area contributed by atoms with Crippen LogP contribution in [0.2, 0.25) is 0 Å². The molecule has 28 heavy (non-hydrogen) atoms. The highest BCUT2D eigenvalue weighted by molar-refractivity contribution is 7.93. The predicted molar refractivity (Wildman–Crippen MR) is 105 cm³/mol. The van der Waals surface area contributed by atoms with Gasteiger partial charge in [-0.2, -0.15) is 0 Å². The molecule has 0 aliphatic carbocycles. The zero-order valence-corrected chi connectivity index (χ0v) is 17.2. The van der Waals surface area contributed by atoms with E-state index in [9.17, 15) is 25.3 Å². The topological polar surface area (TPSA) is 179 Å². The number of benzene rings is 2. The summed E-state index contributed by atoms with van der Waals surface area (Å²) in [7, 11) is -12.4. The van der Waals surface area contributed by atoms with Crippen molar-refractivity contribution in [2.24, 2.45) is 10.3 Å². The molecule has 10 nitrogen and oxygen atoms in total. The lowest BCUT2D eigenvalue weighted by Crippen LogP contribution is -2.18. The lowest BCUT2D eigenvalue weighted by atomic mass is 10.2. The Labute approximate surface area is 164 Å². The molecule has 0 fully saturated rings. The van der Waals surface area contributed by atoms with Crippen molar-refractivity contribution in [3.8, 4) is 0 Å². The van der Waals surface area contributed by atoms with Gasteiger partial charge in [0.05, 0.1) is 26.1 Å². The minimum Gasteiger partial charge on any atom is -0.383 e. The maximum Gasteiger partial charge on any atom is 0.262 e. The molecule has 13 heteroatoms. The number of nitrogens with two attached hydrogens (primary N) is 2. The number of primary sulfonamides is 2. The molecular formula is C15H20N4O6S3. The second-order valence-electron chi connectivity index (χ2n) is 5.80. The first-order valence-electron chi connectivity index (χ1n) is 7.91. The molecule has 2 aromatic carbocycles. The van der Waals surface area contributed by atoms with Crippen LogP contribution in [0.25, 0.3) is 0 Å². The highest BCUT2D eigenvalue weighted by Crippen LogP contribution is 2.28. The van der Waals surface area contributed by atoms with E-state index in [1.54, 1.807) is 0 Å². The number of nitrogens with one attached hydrogen (secondary N) is 2. The van der Waals surface area contributed by atoms with Gasteiger partial charge in [0.1, 0.15) is 0 Å². The zero-order chi connectivity index (χ0) is 21.2. The smallest absolute Gasteiger partial charge is 0.262 e. The molecule has 0 atom stereocenters. The fourth-order valence-corrected chi connectivity index (χ4v) is 4.51. The number of rotatable bonds is 8. The molecule has 0 radical (unpaired) electrons. The molecule has 2 rings (SSSR count). The average molecular weight is 449 g/mol. The third kappa shape index (κ3) is 5.42. The van der Waals surface area contributed by atoms with E-state index in [1.165, 1.54) is 24.3 Å². The maximum absolute atomic E-state index is 12.7. The largest absolute Gasteiger partial charge is 0.383 e. The molecule has 0 aromatic heterocycles. The lowest BCUT2D eigenvalue weighted by Gasteiger charge is -2.15. The van der Waals surface area contributed by atoms with E-state index in [-0.39, 0.29) is 20.4 Å². The Balaban J connectivity index is 2.52. The maximum atomic E-state index is 12.7. The van der Waals surface area contributed by atoms with Gasteiger partial charge >= 0.3 is 0 Å². The Morgan fingerprint density at radius 1 is 0.786 bits per heavy atom. The summed E-state index contributed by atoms with van der Waals surface area (Å²) in [5.41, 5.74) is 0.279. The SMILES string of the molecule is CCCNc1ccc(S(N)(=O)=O)cc1NS(=O)(=O)c1cccc(S(N)(=O)=O)c1. The third-order valence-corrected chi connectivity index (χ3v) is 6.76. The molecule has 0 unspecified atom stereocenters. The van der Waals surface area contributed by atoms with E-state index in [2.05, 4.69) is 10.0 Å². The van der Waals surface area contributed by atoms with Gasteiger partial charge in [-0.15, -0.1) is 0 Å². The highest BCUT2D eigenvalue weighted by Gasteiger charge is 2.20. The summed E-state index contributed by atoms with van der Waals surface area (Å²) in [5, 5.41) is 13.1. The van der Waals surface area contributed by atoms with Crippen molar-refractivity contribution in [1.82, 2.24) is 0 Å². The molecule has 0 spiro atoms. The first-order chi connectivity index (χ1) is 12.8. The first-order valence-corrected chi connectivity index (χ1v) is 12.5. The average Bonchev–Trinajstić information content (AvgIpc) is 2.59. The van der Waals surface area contributed by atoms with Crippen molar-refractivity contribution in [3.05, 3.63) is 42.5 Å². The fraction of sp³-hybridized carbons (Fsp3) is 0.200. The molecular weight excluding hydrogens is 428 g/mol. The number of hydrogen-bond acceptors (Lipinski definition) is 7. The summed E-state index contributed by atoms with van der Waals surface area (Å²) in [4.78, 5) is -1.02. The van der Waals surface area contributed by atoms with E-state index in [1.807, 2.05) is 6.92 Å². The Kier molecular flexibility index (Phi) is 6.35. The van der Waals surface area contributed by atoms with Gasteiger partial charge in [0.2, 0.25) is 20.0 Å². The van der Waals surface area contributed by atoms with Gasteiger partial charge in [-0.25, -0.2) is 35.5 Å².